The fourth-order valence-electron chi connectivity index (χ4n) is 7.37. The second-order valence-electron chi connectivity index (χ2n) is 15.0. The SMILES string of the molecule is CC1CCC(C)CC1.CC1CCC(C2CCC(C)CC2)CC1.CCC.Cc1ccc(C2CCC(C)CC2)cc1. The molecule has 4 aliphatic rings. The Morgan fingerprint density at radius 3 is 1.00 bits per heavy atom. The Kier molecular flexibility index (Phi) is 17.1. The Balaban J connectivity index is 0.000000202. The van der Waals surface area contributed by atoms with E-state index in [1.807, 2.05) is 0 Å². The van der Waals surface area contributed by atoms with Crippen molar-refractivity contribution in [2.24, 2.45) is 41.4 Å². The van der Waals surface area contributed by atoms with E-state index in [9.17, 15) is 0 Å². The first kappa shape index (κ1) is 34.4. The summed E-state index contributed by atoms with van der Waals surface area (Å²) in [6, 6.07) is 9.12. The molecule has 0 heteroatoms. The summed E-state index contributed by atoms with van der Waals surface area (Å²) in [6.07, 6.45) is 25.0. The van der Waals surface area contributed by atoms with Crippen molar-refractivity contribution in [1.29, 1.82) is 0 Å². The Bertz CT molecular complexity index is 654. The molecule has 39 heavy (non-hydrogen) atoms. The number of hydrogen-bond acceptors (Lipinski definition) is 0. The van der Waals surface area contributed by atoms with E-state index in [0.717, 1.165) is 47.3 Å². The number of aryl methyl sites for hydroxylation is 1. The highest BCUT2D eigenvalue weighted by atomic mass is 14.3. The second kappa shape index (κ2) is 19.4. The molecule has 0 heterocycles. The maximum atomic E-state index is 2.43. The lowest BCUT2D eigenvalue weighted by Gasteiger charge is -2.36. The third-order valence-electron chi connectivity index (χ3n) is 10.7. The average molecular weight is 539 g/mol. The minimum atomic E-state index is 0.840. The minimum Gasteiger partial charge on any atom is -0.0656 e. The lowest BCUT2D eigenvalue weighted by molar-refractivity contribution is 0.155. The molecule has 0 amide bonds. The fraction of sp³-hybridized carbons (Fsp3) is 0.846. The van der Waals surface area contributed by atoms with Crippen LogP contribution in [0.4, 0.5) is 0 Å². The molecule has 0 aromatic heterocycles. The van der Waals surface area contributed by atoms with Gasteiger partial charge in [0.15, 0.2) is 0 Å². The van der Waals surface area contributed by atoms with Crippen LogP contribution in [0.3, 0.4) is 0 Å². The van der Waals surface area contributed by atoms with Crippen molar-refractivity contribution in [3.05, 3.63) is 35.4 Å². The summed E-state index contributed by atoms with van der Waals surface area (Å²) < 4.78 is 0. The van der Waals surface area contributed by atoms with Gasteiger partial charge in [-0.05, 0) is 98.4 Å². The molecule has 5 rings (SSSR count). The van der Waals surface area contributed by atoms with Crippen LogP contribution in [-0.2, 0) is 0 Å². The molecular weight excluding hydrogens is 468 g/mol. The van der Waals surface area contributed by atoms with Crippen LogP contribution in [0.25, 0.3) is 0 Å². The first-order valence-electron chi connectivity index (χ1n) is 17.8. The molecule has 0 unspecified atom stereocenters. The van der Waals surface area contributed by atoms with Gasteiger partial charge in [0.2, 0.25) is 0 Å². The van der Waals surface area contributed by atoms with E-state index in [4.69, 9.17) is 0 Å². The highest BCUT2D eigenvalue weighted by molar-refractivity contribution is 5.24. The lowest BCUT2D eigenvalue weighted by atomic mass is 9.70. The summed E-state index contributed by atoms with van der Waals surface area (Å²) in [5.41, 5.74) is 2.93. The molecule has 0 radical (unpaired) electrons. The van der Waals surface area contributed by atoms with Crippen LogP contribution in [-0.4, -0.2) is 0 Å². The lowest BCUT2D eigenvalue weighted by Crippen LogP contribution is -2.24. The number of rotatable bonds is 2. The maximum Gasteiger partial charge on any atom is -0.0162 e. The summed E-state index contributed by atoms with van der Waals surface area (Å²) in [5, 5.41) is 0. The monoisotopic (exact) mass is 539 g/mol. The summed E-state index contributed by atoms with van der Waals surface area (Å²) in [6.45, 7) is 18.4. The summed E-state index contributed by atoms with van der Waals surface area (Å²) >= 11 is 0. The largest absolute Gasteiger partial charge is 0.0656 e. The van der Waals surface area contributed by atoms with Gasteiger partial charge >= 0.3 is 0 Å². The number of hydrogen-bond donors (Lipinski definition) is 0. The van der Waals surface area contributed by atoms with Gasteiger partial charge in [-0.3, -0.25) is 0 Å². The van der Waals surface area contributed by atoms with Crippen molar-refractivity contribution < 1.29 is 0 Å². The topological polar surface area (TPSA) is 0 Å². The molecule has 0 spiro atoms. The molecule has 0 aliphatic heterocycles. The predicted octanol–water partition coefficient (Wildman–Crippen LogP) is 13.2. The Morgan fingerprint density at radius 1 is 0.436 bits per heavy atom. The van der Waals surface area contributed by atoms with Gasteiger partial charge in [0.25, 0.3) is 0 Å². The van der Waals surface area contributed by atoms with Gasteiger partial charge in [0.1, 0.15) is 0 Å². The second-order valence-corrected chi connectivity index (χ2v) is 15.0. The zero-order valence-electron chi connectivity index (χ0n) is 27.9. The molecular formula is C39H70. The smallest absolute Gasteiger partial charge is 0.0162 e. The highest BCUT2D eigenvalue weighted by Gasteiger charge is 2.28. The molecule has 0 bridgehead atoms. The van der Waals surface area contributed by atoms with Crippen LogP contribution in [0.15, 0.2) is 24.3 Å². The van der Waals surface area contributed by atoms with Gasteiger partial charge in [-0.1, -0.05) is 149 Å². The Labute approximate surface area is 246 Å². The Morgan fingerprint density at radius 2 is 0.692 bits per heavy atom. The van der Waals surface area contributed by atoms with Crippen molar-refractivity contribution in [2.45, 2.75) is 170 Å². The molecule has 4 fully saturated rings. The van der Waals surface area contributed by atoms with E-state index in [1.165, 1.54) is 89.0 Å². The molecule has 4 saturated carbocycles. The molecule has 0 N–H and O–H groups in total. The van der Waals surface area contributed by atoms with E-state index >= 15 is 0 Å². The van der Waals surface area contributed by atoms with E-state index < -0.39 is 0 Å². The molecule has 0 nitrogen and oxygen atoms in total. The van der Waals surface area contributed by atoms with Gasteiger partial charge in [-0.15, -0.1) is 0 Å². The number of benzene rings is 1. The highest BCUT2D eigenvalue weighted by Crippen LogP contribution is 2.41. The van der Waals surface area contributed by atoms with E-state index in [1.54, 1.807) is 31.2 Å². The predicted molar refractivity (Wildman–Crippen MR) is 177 cm³/mol. The van der Waals surface area contributed by atoms with Crippen molar-refractivity contribution >= 4 is 0 Å². The van der Waals surface area contributed by atoms with Crippen LogP contribution in [0.5, 0.6) is 0 Å². The van der Waals surface area contributed by atoms with Gasteiger partial charge in [0, 0.05) is 0 Å². The van der Waals surface area contributed by atoms with Crippen LogP contribution >= 0.6 is 0 Å². The summed E-state index contributed by atoms with van der Waals surface area (Å²) in [5.74, 6) is 8.10. The van der Waals surface area contributed by atoms with E-state index in [0.29, 0.717) is 0 Å². The third kappa shape index (κ3) is 14.1. The van der Waals surface area contributed by atoms with Gasteiger partial charge in [-0.2, -0.15) is 0 Å². The zero-order valence-corrected chi connectivity index (χ0v) is 27.9. The van der Waals surface area contributed by atoms with Crippen LogP contribution in [0.2, 0.25) is 0 Å². The molecule has 4 aliphatic carbocycles. The minimum absolute atomic E-state index is 0.840. The maximum absolute atomic E-state index is 2.43. The quantitative estimate of drug-likeness (QED) is 0.351. The molecule has 1 aromatic carbocycles. The van der Waals surface area contributed by atoms with Crippen molar-refractivity contribution in [2.75, 3.05) is 0 Å². The molecule has 1 aromatic rings. The van der Waals surface area contributed by atoms with E-state index in [-0.39, 0.29) is 0 Å². The van der Waals surface area contributed by atoms with Gasteiger partial charge in [0.05, 0.1) is 0 Å². The third-order valence-corrected chi connectivity index (χ3v) is 10.7. The molecule has 0 saturated heterocycles. The van der Waals surface area contributed by atoms with Crippen LogP contribution in [0.1, 0.15) is 175 Å². The standard InChI is InChI=1S/C14H26.C14H20.C8H16.C3H8/c2*1-11-3-7-13(8-4-11)14-9-5-12(2)6-10-14;1-7-3-5-8(2)6-4-7;1-3-2/h11-14H,3-10H2,1-2H3;3-4,7-8,12,14H,5-6,9-10H2,1-2H3;7-8H,3-6H2,1-2H3;3H2,1-2H3. The first-order valence-corrected chi connectivity index (χ1v) is 17.8. The Hall–Kier alpha value is -0.780. The fourth-order valence-corrected chi connectivity index (χ4v) is 7.37. The van der Waals surface area contributed by atoms with Gasteiger partial charge < -0.3 is 0 Å². The average Bonchev–Trinajstić information content (AvgIpc) is 2.94. The van der Waals surface area contributed by atoms with Crippen LogP contribution in [0, 0.1) is 48.3 Å². The zero-order chi connectivity index (χ0) is 28.6. The van der Waals surface area contributed by atoms with Crippen molar-refractivity contribution in [3.63, 3.8) is 0 Å². The normalized spacial score (nSPS) is 34.7. The van der Waals surface area contributed by atoms with Crippen molar-refractivity contribution in [3.8, 4) is 0 Å². The van der Waals surface area contributed by atoms with Gasteiger partial charge in [-0.25, -0.2) is 0 Å². The molecule has 0 atom stereocenters. The molecule has 226 valence electrons. The summed E-state index contributed by atoms with van der Waals surface area (Å²) in [4.78, 5) is 0. The van der Waals surface area contributed by atoms with E-state index in [2.05, 4.69) is 79.7 Å². The van der Waals surface area contributed by atoms with Crippen molar-refractivity contribution in [1.82, 2.24) is 0 Å². The summed E-state index contributed by atoms with van der Waals surface area (Å²) in [7, 11) is 0. The first-order chi connectivity index (χ1) is 18.7. The van der Waals surface area contributed by atoms with Crippen LogP contribution < -0.4 is 0 Å².